The van der Waals surface area contributed by atoms with Crippen LogP contribution < -0.4 is 0 Å². The van der Waals surface area contributed by atoms with Gasteiger partial charge < -0.3 is 0 Å². The van der Waals surface area contributed by atoms with Gasteiger partial charge in [0.05, 0.1) is 0 Å². The summed E-state index contributed by atoms with van der Waals surface area (Å²) in [6, 6.07) is 0. The fraction of sp³-hybridized carbons (Fsp3) is 0.895. The highest BCUT2D eigenvalue weighted by molar-refractivity contribution is 4.83. The lowest BCUT2D eigenvalue weighted by atomic mass is 9.98. The van der Waals surface area contributed by atoms with E-state index in [-0.39, 0.29) is 0 Å². The fourth-order valence-electron chi connectivity index (χ4n) is 2.53. The molecule has 114 valence electrons. The second-order valence-corrected chi connectivity index (χ2v) is 6.22. The van der Waals surface area contributed by atoms with Crippen LogP contribution in [-0.4, -0.2) is 0 Å². The lowest BCUT2D eigenvalue weighted by molar-refractivity contribution is 0.487. The molecule has 0 aromatic carbocycles. The van der Waals surface area contributed by atoms with Gasteiger partial charge in [-0.1, -0.05) is 97.1 Å². The Bertz CT molecular complexity index is 180. The maximum absolute atomic E-state index is 2.42. The summed E-state index contributed by atoms with van der Waals surface area (Å²) in [5.41, 5.74) is 0. The molecule has 0 aliphatic carbocycles. The summed E-state index contributed by atoms with van der Waals surface area (Å²) in [5, 5.41) is 0. The molecule has 19 heavy (non-hydrogen) atoms. The van der Waals surface area contributed by atoms with Gasteiger partial charge in [-0.05, 0) is 25.2 Å². The zero-order valence-corrected chi connectivity index (χ0v) is 13.9. The van der Waals surface area contributed by atoms with Crippen LogP contribution in [0.4, 0.5) is 0 Å². The molecule has 0 aromatic heterocycles. The second-order valence-electron chi connectivity index (χ2n) is 6.22. The van der Waals surface area contributed by atoms with Crippen LogP contribution in [0, 0.1) is 5.92 Å². The summed E-state index contributed by atoms with van der Waals surface area (Å²) in [6.07, 6.45) is 23.0. The Morgan fingerprint density at radius 3 is 1.95 bits per heavy atom. The van der Waals surface area contributed by atoms with E-state index in [0.717, 1.165) is 5.92 Å². The van der Waals surface area contributed by atoms with E-state index in [4.69, 9.17) is 0 Å². The molecule has 0 aromatic rings. The molecule has 0 heterocycles. The molecule has 0 fully saturated rings. The molecule has 0 amide bonds. The van der Waals surface area contributed by atoms with E-state index < -0.39 is 0 Å². The van der Waals surface area contributed by atoms with Crippen molar-refractivity contribution in [3.8, 4) is 0 Å². The standard InChI is InChI=1S/C19H38/c1-4-6-8-10-12-14-16-18-19(3)17-15-13-11-9-7-5-2/h14,16,19H,4-13,15,17-18H2,1-3H3/b16-14+. The minimum Gasteiger partial charge on any atom is -0.0885 e. The normalized spacial score (nSPS) is 13.2. The molecule has 0 spiro atoms. The molecule has 0 nitrogen and oxygen atoms in total. The average Bonchev–Trinajstić information content (AvgIpc) is 2.41. The molecule has 0 saturated carbocycles. The Morgan fingerprint density at radius 2 is 1.26 bits per heavy atom. The van der Waals surface area contributed by atoms with Crippen LogP contribution in [0.5, 0.6) is 0 Å². The third kappa shape index (κ3) is 15.7. The van der Waals surface area contributed by atoms with Crippen LogP contribution in [0.15, 0.2) is 12.2 Å². The number of allylic oxidation sites excluding steroid dienone is 2. The number of hydrogen-bond acceptors (Lipinski definition) is 0. The van der Waals surface area contributed by atoms with Gasteiger partial charge >= 0.3 is 0 Å². The minimum atomic E-state index is 0.887. The summed E-state index contributed by atoms with van der Waals surface area (Å²) in [4.78, 5) is 0. The maximum atomic E-state index is 2.42. The first-order chi connectivity index (χ1) is 9.31. The maximum Gasteiger partial charge on any atom is -0.0325 e. The largest absolute Gasteiger partial charge is 0.0885 e. The highest BCUT2D eigenvalue weighted by atomic mass is 14.0. The molecule has 1 unspecified atom stereocenters. The lowest BCUT2D eigenvalue weighted by Crippen LogP contribution is -1.92. The molecular weight excluding hydrogens is 228 g/mol. The molecule has 0 rings (SSSR count). The van der Waals surface area contributed by atoms with Crippen molar-refractivity contribution in [3.05, 3.63) is 12.2 Å². The first-order valence-corrected chi connectivity index (χ1v) is 8.96. The predicted octanol–water partition coefficient (Wildman–Crippen LogP) is 7.29. The van der Waals surface area contributed by atoms with Crippen molar-refractivity contribution in [3.63, 3.8) is 0 Å². The van der Waals surface area contributed by atoms with Gasteiger partial charge in [-0.3, -0.25) is 0 Å². The fourth-order valence-corrected chi connectivity index (χ4v) is 2.53. The Hall–Kier alpha value is -0.260. The molecule has 0 N–H and O–H groups in total. The Morgan fingerprint density at radius 1 is 0.684 bits per heavy atom. The van der Waals surface area contributed by atoms with Crippen LogP contribution in [0.2, 0.25) is 0 Å². The first-order valence-electron chi connectivity index (χ1n) is 8.96. The zero-order chi connectivity index (χ0) is 14.2. The van der Waals surface area contributed by atoms with E-state index in [0.29, 0.717) is 0 Å². The van der Waals surface area contributed by atoms with Crippen molar-refractivity contribution in [2.24, 2.45) is 5.92 Å². The Labute approximate surface area is 123 Å². The van der Waals surface area contributed by atoms with E-state index in [9.17, 15) is 0 Å². The van der Waals surface area contributed by atoms with Crippen molar-refractivity contribution in [1.29, 1.82) is 0 Å². The van der Waals surface area contributed by atoms with E-state index in [1.54, 1.807) is 0 Å². The van der Waals surface area contributed by atoms with Gasteiger partial charge in [0.15, 0.2) is 0 Å². The molecule has 0 radical (unpaired) electrons. The zero-order valence-electron chi connectivity index (χ0n) is 13.9. The van der Waals surface area contributed by atoms with Gasteiger partial charge in [-0.15, -0.1) is 0 Å². The summed E-state index contributed by atoms with van der Waals surface area (Å²) in [5.74, 6) is 0.887. The number of rotatable bonds is 14. The SMILES string of the molecule is CCCCCC/C=C/CC(C)CCCCCCCC. The predicted molar refractivity (Wildman–Crippen MR) is 89.7 cm³/mol. The van der Waals surface area contributed by atoms with E-state index >= 15 is 0 Å². The smallest absolute Gasteiger partial charge is 0.0325 e. The molecule has 0 saturated heterocycles. The van der Waals surface area contributed by atoms with Crippen molar-refractivity contribution in [2.45, 2.75) is 104 Å². The summed E-state index contributed by atoms with van der Waals surface area (Å²) in [6.45, 7) is 6.98. The monoisotopic (exact) mass is 266 g/mol. The van der Waals surface area contributed by atoms with Gasteiger partial charge in [-0.2, -0.15) is 0 Å². The minimum absolute atomic E-state index is 0.887. The van der Waals surface area contributed by atoms with Crippen LogP contribution in [0.1, 0.15) is 104 Å². The Balaban J connectivity index is 3.24. The first kappa shape index (κ1) is 18.7. The van der Waals surface area contributed by atoms with Crippen LogP contribution in [0.3, 0.4) is 0 Å². The van der Waals surface area contributed by atoms with Crippen molar-refractivity contribution in [1.82, 2.24) is 0 Å². The van der Waals surface area contributed by atoms with Crippen LogP contribution >= 0.6 is 0 Å². The van der Waals surface area contributed by atoms with Gasteiger partial charge in [0.1, 0.15) is 0 Å². The summed E-state index contributed by atoms with van der Waals surface area (Å²) < 4.78 is 0. The van der Waals surface area contributed by atoms with Crippen molar-refractivity contribution >= 4 is 0 Å². The quantitative estimate of drug-likeness (QED) is 0.229. The average molecular weight is 267 g/mol. The van der Waals surface area contributed by atoms with Crippen LogP contribution in [0.25, 0.3) is 0 Å². The second kappa shape index (κ2) is 15.8. The topological polar surface area (TPSA) is 0 Å². The molecule has 1 atom stereocenters. The molecular formula is C19H38. The highest BCUT2D eigenvalue weighted by Gasteiger charge is 1.99. The number of unbranched alkanes of at least 4 members (excludes halogenated alkanes) is 9. The summed E-state index contributed by atoms with van der Waals surface area (Å²) in [7, 11) is 0. The van der Waals surface area contributed by atoms with Gasteiger partial charge in [0, 0.05) is 0 Å². The van der Waals surface area contributed by atoms with E-state index in [1.807, 2.05) is 0 Å². The molecule has 0 aliphatic heterocycles. The van der Waals surface area contributed by atoms with E-state index in [2.05, 4.69) is 32.9 Å². The van der Waals surface area contributed by atoms with Gasteiger partial charge in [0.2, 0.25) is 0 Å². The lowest BCUT2D eigenvalue weighted by Gasteiger charge is -2.08. The Kier molecular flexibility index (Phi) is 15.6. The van der Waals surface area contributed by atoms with Crippen molar-refractivity contribution in [2.75, 3.05) is 0 Å². The van der Waals surface area contributed by atoms with Crippen molar-refractivity contribution < 1.29 is 0 Å². The third-order valence-corrected chi connectivity index (χ3v) is 3.98. The van der Waals surface area contributed by atoms with Gasteiger partial charge in [-0.25, -0.2) is 0 Å². The summed E-state index contributed by atoms with van der Waals surface area (Å²) >= 11 is 0. The van der Waals surface area contributed by atoms with Crippen LogP contribution in [-0.2, 0) is 0 Å². The number of hydrogen-bond donors (Lipinski definition) is 0. The molecule has 0 aliphatic rings. The highest BCUT2D eigenvalue weighted by Crippen LogP contribution is 2.15. The molecule has 0 bridgehead atoms. The third-order valence-electron chi connectivity index (χ3n) is 3.98. The van der Waals surface area contributed by atoms with E-state index in [1.165, 1.54) is 83.5 Å². The molecule has 0 heteroatoms. The van der Waals surface area contributed by atoms with Gasteiger partial charge in [0.25, 0.3) is 0 Å².